The Morgan fingerprint density at radius 1 is 1.31 bits per heavy atom. The van der Waals surface area contributed by atoms with Gasteiger partial charge in [-0.3, -0.25) is 4.79 Å². The van der Waals surface area contributed by atoms with Crippen LogP contribution < -0.4 is 5.32 Å². The summed E-state index contributed by atoms with van der Waals surface area (Å²) >= 11 is 0. The summed E-state index contributed by atoms with van der Waals surface area (Å²) in [6, 6.07) is 8.43. The molecule has 1 aromatic carbocycles. The van der Waals surface area contributed by atoms with E-state index >= 15 is 0 Å². The molecule has 0 bridgehead atoms. The maximum absolute atomic E-state index is 10.5. The van der Waals surface area contributed by atoms with Gasteiger partial charge in [0.25, 0.3) is 0 Å². The SMILES string of the molecule is Cc1ccc([C@H](C)NC(C)CC(=O)O)cc1. The van der Waals surface area contributed by atoms with Gasteiger partial charge in [-0.25, -0.2) is 0 Å². The molecule has 0 aliphatic heterocycles. The highest BCUT2D eigenvalue weighted by molar-refractivity contribution is 5.67. The molecule has 1 aromatic rings. The molecule has 16 heavy (non-hydrogen) atoms. The Morgan fingerprint density at radius 2 is 1.88 bits per heavy atom. The van der Waals surface area contributed by atoms with E-state index < -0.39 is 5.97 Å². The Balaban J connectivity index is 2.54. The normalized spacial score (nSPS) is 14.4. The van der Waals surface area contributed by atoms with Crippen molar-refractivity contribution in [2.45, 2.75) is 39.3 Å². The van der Waals surface area contributed by atoms with E-state index in [0.717, 1.165) is 0 Å². The minimum atomic E-state index is -0.767. The van der Waals surface area contributed by atoms with E-state index in [1.807, 2.05) is 13.8 Å². The first-order valence-electron chi connectivity index (χ1n) is 5.53. The fourth-order valence-electron chi connectivity index (χ4n) is 1.70. The highest BCUT2D eigenvalue weighted by atomic mass is 16.4. The van der Waals surface area contributed by atoms with E-state index in [9.17, 15) is 4.79 Å². The zero-order chi connectivity index (χ0) is 12.1. The van der Waals surface area contributed by atoms with Crippen molar-refractivity contribution in [3.05, 3.63) is 35.4 Å². The third kappa shape index (κ3) is 4.03. The summed E-state index contributed by atoms with van der Waals surface area (Å²) in [4.78, 5) is 10.5. The molecule has 0 saturated heterocycles. The predicted octanol–water partition coefficient (Wildman–Crippen LogP) is 2.51. The number of carbonyl (C=O) groups is 1. The topological polar surface area (TPSA) is 49.3 Å². The van der Waals surface area contributed by atoms with Crippen molar-refractivity contribution >= 4 is 5.97 Å². The van der Waals surface area contributed by atoms with E-state index in [1.165, 1.54) is 11.1 Å². The molecule has 0 heterocycles. The number of carboxylic acids is 1. The number of nitrogens with one attached hydrogen (secondary N) is 1. The lowest BCUT2D eigenvalue weighted by Crippen LogP contribution is -2.30. The van der Waals surface area contributed by atoms with Crippen LogP contribution in [-0.2, 0) is 4.79 Å². The van der Waals surface area contributed by atoms with E-state index in [2.05, 4.69) is 36.5 Å². The van der Waals surface area contributed by atoms with Crippen LogP contribution >= 0.6 is 0 Å². The highest BCUT2D eigenvalue weighted by Crippen LogP contribution is 2.14. The second kappa shape index (κ2) is 5.66. The molecule has 0 spiro atoms. The van der Waals surface area contributed by atoms with Gasteiger partial charge >= 0.3 is 5.97 Å². The molecule has 0 amide bonds. The van der Waals surface area contributed by atoms with Crippen LogP contribution in [-0.4, -0.2) is 17.1 Å². The van der Waals surface area contributed by atoms with Gasteiger partial charge in [0.05, 0.1) is 6.42 Å². The largest absolute Gasteiger partial charge is 0.481 e. The van der Waals surface area contributed by atoms with Crippen LogP contribution in [0.1, 0.15) is 37.4 Å². The fraction of sp³-hybridized carbons (Fsp3) is 0.462. The van der Waals surface area contributed by atoms with Gasteiger partial charge < -0.3 is 10.4 Å². The molecule has 0 aliphatic carbocycles. The van der Waals surface area contributed by atoms with Gasteiger partial charge in [-0.2, -0.15) is 0 Å². The van der Waals surface area contributed by atoms with Crippen LogP contribution in [0.5, 0.6) is 0 Å². The van der Waals surface area contributed by atoms with Crippen molar-refractivity contribution in [2.75, 3.05) is 0 Å². The molecular weight excluding hydrogens is 202 g/mol. The summed E-state index contributed by atoms with van der Waals surface area (Å²) in [6.45, 7) is 5.98. The molecule has 2 N–H and O–H groups in total. The van der Waals surface area contributed by atoms with Crippen LogP contribution in [0.4, 0.5) is 0 Å². The maximum atomic E-state index is 10.5. The second-order valence-corrected chi connectivity index (χ2v) is 4.30. The van der Waals surface area contributed by atoms with Gasteiger partial charge in [0.15, 0.2) is 0 Å². The summed E-state index contributed by atoms with van der Waals surface area (Å²) in [5, 5.41) is 11.9. The third-order valence-electron chi connectivity index (χ3n) is 2.59. The zero-order valence-electron chi connectivity index (χ0n) is 10.0. The van der Waals surface area contributed by atoms with Crippen molar-refractivity contribution in [2.24, 2.45) is 0 Å². The molecule has 0 aromatic heterocycles. The molecular formula is C13H19NO2. The van der Waals surface area contributed by atoms with Crippen molar-refractivity contribution in [3.63, 3.8) is 0 Å². The average Bonchev–Trinajstić information content (AvgIpc) is 2.16. The minimum Gasteiger partial charge on any atom is -0.481 e. The third-order valence-corrected chi connectivity index (χ3v) is 2.59. The highest BCUT2D eigenvalue weighted by Gasteiger charge is 2.11. The number of hydrogen-bond acceptors (Lipinski definition) is 2. The van der Waals surface area contributed by atoms with Crippen LogP contribution in [0, 0.1) is 6.92 Å². The van der Waals surface area contributed by atoms with Gasteiger partial charge in [0.1, 0.15) is 0 Å². The predicted molar refractivity (Wildman–Crippen MR) is 64.4 cm³/mol. The summed E-state index contributed by atoms with van der Waals surface area (Å²) < 4.78 is 0. The van der Waals surface area contributed by atoms with Crippen molar-refractivity contribution in [1.29, 1.82) is 0 Å². The smallest absolute Gasteiger partial charge is 0.304 e. The summed E-state index contributed by atoms with van der Waals surface area (Å²) in [6.07, 6.45) is 0.149. The Bertz CT molecular complexity index is 345. The number of carboxylic acid groups (broad SMARTS) is 1. The van der Waals surface area contributed by atoms with E-state index in [-0.39, 0.29) is 18.5 Å². The molecule has 0 fully saturated rings. The Morgan fingerprint density at radius 3 is 2.38 bits per heavy atom. The van der Waals surface area contributed by atoms with Crippen LogP contribution in [0.25, 0.3) is 0 Å². The lowest BCUT2D eigenvalue weighted by atomic mass is 10.1. The van der Waals surface area contributed by atoms with E-state index in [4.69, 9.17) is 5.11 Å². The summed E-state index contributed by atoms with van der Waals surface area (Å²) in [5.74, 6) is -0.767. The Kier molecular flexibility index (Phi) is 4.50. The van der Waals surface area contributed by atoms with Crippen molar-refractivity contribution < 1.29 is 9.90 Å². The first-order valence-corrected chi connectivity index (χ1v) is 5.53. The van der Waals surface area contributed by atoms with Crippen molar-refractivity contribution in [1.82, 2.24) is 5.32 Å². The van der Waals surface area contributed by atoms with Gasteiger partial charge in [-0.15, -0.1) is 0 Å². The first-order chi connectivity index (χ1) is 7.49. The van der Waals surface area contributed by atoms with Gasteiger partial charge in [-0.1, -0.05) is 29.8 Å². The maximum Gasteiger partial charge on any atom is 0.304 e. The lowest BCUT2D eigenvalue weighted by molar-refractivity contribution is -0.137. The molecule has 1 unspecified atom stereocenters. The number of rotatable bonds is 5. The standard InChI is InChI=1S/C13H19NO2/c1-9-4-6-12(7-5-9)11(3)14-10(2)8-13(15)16/h4-7,10-11,14H,8H2,1-3H3,(H,15,16)/t10?,11-/m0/s1. The molecule has 2 atom stereocenters. The molecule has 88 valence electrons. The number of hydrogen-bond donors (Lipinski definition) is 2. The first kappa shape index (κ1) is 12.7. The molecule has 1 rings (SSSR count). The molecule has 3 heteroatoms. The number of benzene rings is 1. The van der Waals surface area contributed by atoms with Gasteiger partial charge in [0, 0.05) is 12.1 Å². The monoisotopic (exact) mass is 221 g/mol. The fourth-order valence-corrected chi connectivity index (χ4v) is 1.70. The Hall–Kier alpha value is -1.35. The number of aliphatic carboxylic acids is 1. The van der Waals surface area contributed by atoms with Crippen LogP contribution in [0.3, 0.4) is 0 Å². The van der Waals surface area contributed by atoms with Gasteiger partial charge in [-0.05, 0) is 26.3 Å². The van der Waals surface area contributed by atoms with Crippen LogP contribution in [0.2, 0.25) is 0 Å². The van der Waals surface area contributed by atoms with Crippen LogP contribution in [0.15, 0.2) is 24.3 Å². The lowest BCUT2D eigenvalue weighted by Gasteiger charge is -2.19. The van der Waals surface area contributed by atoms with E-state index in [0.29, 0.717) is 0 Å². The average molecular weight is 221 g/mol. The zero-order valence-corrected chi connectivity index (χ0v) is 10.0. The number of aryl methyl sites for hydroxylation is 1. The quantitative estimate of drug-likeness (QED) is 0.803. The molecule has 0 aliphatic rings. The summed E-state index contributed by atoms with van der Waals surface area (Å²) in [7, 11) is 0. The second-order valence-electron chi connectivity index (χ2n) is 4.30. The minimum absolute atomic E-state index is 0.0196. The molecule has 3 nitrogen and oxygen atoms in total. The molecule has 0 radical (unpaired) electrons. The van der Waals surface area contributed by atoms with Gasteiger partial charge in [0.2, 0.25) is 0 Å². The van der Waals surface area contributed by atoms with E-state index in [1.54, 1.807) is 0 Å². The molecule has 0 saturated carbocycles. The summed E-state index contributed by atoms with van der Waals surface area (Å²) in [5.41, 5.74) is 2.41. The Labute approximate surface area is 96.5 Å². The van der Waals surface area contributed by atoms with Crippen molar-refractivity contribution in [3.8, 4) is 0 Å².